The SMILES string of the molecule is COc1ccnc(C(=O)N[C@H]2COC(=O)[C@H](Cc3ccccc3)[C@@H](OC(=O)C(C)C)[C@H](C)OC2=O)c1OC(=O)[C@@H](C)OC(C)=O. The number of aromatic nitrogens is 1. The Morgan fingerprint density at radius 3 is 2.33 bits per heavy atom. The molecule has 0 spiro atoms. The molecule has 0 bridgehead atoms. The molecular weight excluding hydrogens is 592 g/mol. The fourth-order valence-electron chi connectivity index (χ4n) is 4.31. The Balaban J connectivity index is 1.89. The van der Waals surface area contributed by atoms with Gasteiger partial charge in [0.1, 0.15) is 18.6 Å². The highest BCUT2D eigenvalue weighted by atomic mass is 16.6. The van der Waals surface area contributed by atoms with E-state index < -0.39 is 90.0 Å². The molecule has 1 aromatic heterocycles. The van der Waals surface area contributed by atoms with Crippen LogP contribution in [0.4, 0.5) is 0 Å². The number of carbonyl (C=O) groups is 6. The number of esters is 5. The average Bonchev–Trinajstić information content (AvgIpc) is 3.03. The summed E-state index contributed by atoms with van der Waals surface area (Å²) in [5.74, 6) is -7.18. The van der Waals surface area contributed by atoms with Crippen molar-refractivity contribution in [2.45, 2.75) is 65.4 Å². The van der Waals surface area contributed by atoms with E-state index in [1.165, 1.54) is 33.2 Å². The van der Waals surface area contributed by atoms with Gasteiger partial charge in [-0.25, -0.2) is 14.6 Å². The van der Waals surface area contributed by atoms with Gasteiger partial charge < -0.3 is 33.7 Å². The lowest BCUT2D eigenvalue weighted by atomic mass is 9.91. The summed E-state index contributed by atoms with van der Waals surface area (Å²) in [5, 5.41) is 2.39. The first kappa shape index (κ1) is 34.5. The monoisotopic (exact) mass is 628 g/mol. The van der Waals surface area contributed by atoms with Crippen molar-refractivity contribution in [2.24, 2.45) is 11.8 Å². The van der Waals surface area contributed by atoms with Crippen LogP contribution in [-0.2, 0) is 49.3 Å². The zero-order valence-electron chi connectivity index (χ0n) is 25.8. The molecule has 3 rings (SSSR count). The minimum Gasteiger partial charge on any atom is -0.493 e. The van der Waals surface area contributed by atoms with E-state index in [4.69, 9.17) is 28.4 Å². The highest BCUT2D eigenvalue weighted by Gasteiger charge is 2.42. The van der Waals surface area contributed by atoms with Crippen LogP contribution in [0.2, 0.25) is 0 Å². The number of carbonyl (C=O) groups excluding carboxylic acids is 6. The van der Waals surface area contributed by atoms with E-state index in [0.29, 0.717) is 0 Å². The number of nitrogens with one attached hydrogen (secondary N) is 1. The van der Waals surface area contributed by atoms with Crippen molar-refractivity contribution >= 4 is 35.8 Å². The largest absolute Gasteiger partial charge is 0.493 e. The van der Waals surface area contributed by atoms with Crippen LogP contribution in [0, 0.1) is 11.8 Å². The molecule has 1 aromatic carbocycles. The second-order valence-electron chi connectivity index (χ2n) is 10.5. The van der Waals surface area contributed by atoms with Crippen LogP contribution in [0.25, 0.3) is 0 Å². The van der Waals surface area contributed by atoms with Gasteiger partial charge in [-0.15, -0.1) is 0 Å². The molecule has 0 radical (unpaired) electrons. The Labute approximate surface area is 259 Å². The standard InChI is InChI=1S/C31H36N2O12/c1-16(2)28(36)44-25-17(3)43-31(39)22(15-41-30(38)21(25)14-20-10-8-7-9-11-20)33-27(35)24-26(23(40-6)12-13-32-24)45-29(37)18(4)42-19(5)34/h7-13,16-18,21-22,25H,14-15H2,1-6H3,(H,33,35)/t17-,18+,21+,22-,25-/m0/s1. The van der Waals surface area contributed by atoms with E-state index in [0.717, 1.165) is 12.5 Å². The van der Waals surface area contributed by atoms with Gasteiger partial charge in [-0.1, -0.05) is 44.2 Å². The third-order valence-electron chi connectivity index (χ3n) is 6.65. The molecule has 14 nitrogen and oxygen atoms in total. The first-order valence-corrected chi connectivity index (χ1v) is 14.2. The van der Waals surface area contributed by atoms with Crippen molar-refractivity contribution in [3.63, 3.8) is 0 Å². The number of nitrogens with zero attached hydrogens (tertiary/aromatic N) is 1. The second-order valence-corrected chi connectivity index (χ2v) is 10.5. The number of benzene rings is 1. The molecule has 2 aromatic rings. The van der Waals surface area contributed by atoms with Gasteiger partial charge in [0.2, 0.25) is 5.75 Å². The Hall–Kier alpha value is -5.01. The van der Waals surface area contributed by atoms with Gasteiger partial charge in [0.15, 0.2) is 29.7 Å². The fourth-order valence-corrected chi connectivity index (χ4v) is 4.31. The highest BCUT2D eigenvalue weighted by Crippen LogP contribution is 2.30. The summed E-state index contributed by atoms with van der Waals surface area (Å²) in [5.41, 5.74) is 0.289. The van der Waals surface area contributed by atoms with Crippen LogP contribution in [-0.4, -0.2) is 78.8 Å². The fraction of sp³-hybridized carbons (Fsp3) is 0.452. The van der Waals surface area contributed by atoms with Gasteiger partial charge in [0.05, 0.1) is 13.0 Å². The predicted octanol–water partition coefficient (Wildman–Crippen LogP) is 1.96. The van der Waals surface area contributed by atoms with Crippen LogP contribution in [0.15, 0.2) is 42.6 Å². The molecule has 1 fully saturated rings. The Bertz CT molecular complexity index is 1410. The zero-order chi connectivity index (χ0) is 33.3. The zero-order valence-corrected chi connectivity index (χ0v) is 25.8. The number of pyridine rings is 1. The molecule has 1 saturated heterocycles. The Morgan fingerprint density at radius 2 is 1.71 bits per heavy atom. The molecule has 1 amide bonds. The minimum atomic E-state index is -1.53. The number of hydrogen-bond donors (Lipinski definition) is 1. The first-order chi connectivity index (χ1) is 21.3. The maximum absolute atomic E-state index is 13.4. The number of methoxy groups -OCH3 is 1. The lowest BCUT2D eigenvalue weighted by Crippen LogP contribution is -2.47. The van der Waals surface area contributed by atoms with Crippen LogP contribution in [0.5, 0.6) is 11.5 Å². The van der Waals surface area contributed by atoms with Gasteiger partial charge in [0.25, 0.3) is 5.91 Å². The molecule has 2 heterocycles. The van der Waals surface area contributed by atoms with Gasteiger partial charge in [-0.2, -0.15) is 0 Å². The quantitative estimate of drug-likeness (QED) is 0.298. The molecule has 1 aliphatic rings. The Morgan fingerprint density at radius 1 is 1.02 bits per heavy atom. The molecular formula is C31H36N2O12. The van der Waals surface area contributed by atoms with Gasteiger partial charge in [0, 0.05) is 19.2 Å². The summed E-state index contributed by atoms with van der Waals surface area (Å²) >= 11 is 0. The van der Waals surface area contributed by atoms with Crippen LogP contribution < -0.4 is 14.8 Å². The lowest BCUT2D eigenvalue weighted by Gasteiger charge is -2.29. The highest BCUT2D eigenvalue weighted by molar-refractivity contribution is 5.99. The van der Waals surface area contributed by atoms with Crippen molar-refractivity contribution in [1.82, 2.24) is 10.3 Å². The third-order valence-corrected chi connectivity index (χ3v) is 6.65. The van der Waals surface area contributed by atoms with E-state index in [1.807, 2.05) is 6.07 Å². The van der Waals surface area contributed by atoms with Crippen LogP contribution in [0.1, 0.15) is 50.7 Å². The molecule has 1 aliphatic heterocycles. The molecule has 0 saturated carbocycles. The average molecular weight is 629 g/mol. The number of rotatable bonds is 10. The summed E-state index contributed by atoms with van der Waals surface area (Å²) in [6, 6.07) is 8.75. The van der Waals surface area contributed by atoms with Gasteiger partial charge in [-0.05, 0) is 25.8 Å². The van der Waals surface area contributed by atoms with Crippen molar-refractivity contribution in [3.05, 3.63) is 53.9 Å². The minimum absolute atomic E-state index is 0.0609. The molecule has 242 valence electrons. The van der Waals surface area contributed by atoms with E-state index in [-0.39, 0.29) is 12.2 Å². The topological polar surface area (TPSA) is 183 Å². The number of amides is 1. The van der Waals surface area contributed by atoms with E-state index in [1.54, 1.807) is 38.1 Å². The maximum Gasteiger partial charge on any atom is 0.352 e. The smallest absolute Gasteiger partial charge is 0.352 e. The van der Waals surface area contributed by atoms with E-state index in [2.05, 4.69) is 10.3 Å². The van der Waals surface area contributed by atoms with Gasteiger partial charge >= 0.3 is 29.8 Å². The van der Waals surface area contributed by atoms with E-state index >= 15 is 0 Å². The van der Waals surface area contributed by atoms with Crippen molar-refractivity contribution in [3.8, 4) is 11.5 Å². The summed E-state index contributed by atoms with van der Waals surface area (Å²) in [7, 11) is 1.26. The second kappa shape index (κ2) is 15.6. The summed E-state index contributed by atoms with van der Waals surface area (Å²) in [4.78, 5) is 80.5. The van der Waals surface area contributed by atoms with E-state index in [9.17, 15) is 28.8 Å². The number of ether oxygens (including phenoxy) is 6. The number of cyclic esters (lactones) is 2. The summed E-state index contributed by atoms with van der Waals surface area (Å²) < 4.78 is 32.0. The summed E-state index contributed by atoms with van der Waals surface area (Å²) in [6.45, 7) is 6.47. The molecule has 1 N–H and O–H groups in total. The van der Waals surface area contributed by atoms with Crippen LogP contribution >= 0.6 is 0 Å². The molecule has 14 heteroatoms. The van der Waals surface area contributed by atoms with Crippen LogP contribution in [0.3, 0.4) is 0 Å². The molecule has 5 atom stereocenters. The maximum atomic E-state index is 13.4. The first-order valence-electron chi connectivity index (χ1n) is 14.2. The number of hydrogen-bond acceptors (Lipinski definition) is 13. The van der Waals surface area contributed by atoms with Crippen molar-refractivity contribution in [2.75, 3.05) is 13.7 Å². The van der Waals surface area contributed by atoms with Crippen molar-refractivity contribution < 1.29 is 57.2 Å². The lowest BCUT2D eigenvalue weighted by molar-refractivity contribution is -0.176. The molecule has 0 aliphatic carbocycles. The normalized spacial score (nSPS) is 20.7. The molecule has 0 unspecified atom stereocenters. The summed E-state index contributed by atoms with van der Waals surface area (Å²) in [6.07, 6.45) is -2.32. The Kier molecular flexibility index (Phi) is 12.0. The van der Waals surface area contributed by atoms with Gasteiger partial charge in [-0.3, -0.25) is 19.2 Å². The van der Waals surface area contributed by atoms with Crippen molar-refractivity contribution in [1.29, 1.82) is 0 Å². The third kappa shape index (κ3) is 9.24. The molecule has 45 heavy (non-hydrogen) atoms. The predicted molar refractivity (Wildman–Crippen MR) is 154 cm³/mol.